The molecule has 0 bridgehead atoms. The molecule has 128 valence electrons. The van der Waals surface area contributed by atoms with Gasteiger partial charge in [-0.1, -0.05) is 44.2 Å². The molecule has 0 heterocycles. The second kappa shape index (κ2) is 11.4. The zero-order valence-electron chi connectivity index (χ0n) is 14.5. The Balaban J connectivity index is 0.00000139. The highest BCUT2D eigenvalue weighted by Gasteiger charge is 2.02. The van der Waals surface area contributed by atoms with Crippen LogP contribution >= 0.6 is 11.8 Å². The summed E-state index contributed by atoms with van der Waals surface area (Å²) in [6.07, 6.45) is 3.10. The summed E-state index contributed by atoms with van der Waals surface area (Å²) in [6.45, 7) is 6.15. The minimum Gasteiger partial charge on any atom is -0.463 e. The second-order valence-corrected chi connectivity index (χ2v) is 5.70. The lowest BCUT2D eigenvalue weighted by Gasteiger charge is -2.06. The highest BCUT2D eigenvalue weighted by Crippen LogP contribution is 2.26. The topological polar surface area (TPSA) is 52.3 Å². The van der Waals surface area contributed by atoms with Crippen molar-refractivity contribution in [2.45, 2.75) is 31.4 Å². The number of nitrogens with two attached hydrogens (primary N) is 1. The van der Waals surface area contributed by atoms with Crippen LogP contribution in [0.5, 0.6) is 0 Å². The maximum Gasteiger partial charge on any atom is 0.330 e. The van der Waals surface area contributed by atoms with Crippen LogP contribution in [0.15, 0.2) is 59.5 Å². The predicted octanol–water partition coefficient (Wildman–Crippen LogP) is 5.16. The van der Waals surface area contributed by atoms with E-state index in [0.29, 0.717) is 12.3 Å². The number of anilines is 1. The summed E-state index contributed by atoms with van der Waals surface area (Å²) < 4.78 is 4.87. The van der Waals surface area contributed by atoms with Crippen LogP contribution in [0.2, 0.25) is 0 Å². The third-order valence-corrected chi connectivity index (χ3v) is 4.06. The van der Waals surface area contributed by atoms with E-state index in [9.17, 15) is 4.79 Å². The van der Waals surface area contributed by atoms with E-state index in [1.807, 2.05) is 50.2 Å². The summed E-state index contributed by atoms with van der Waals surface area (Å²) in [4.78, 5) is 12.5. The lowest BCUT2D eigenvalue weighted by atomic mass is 10.1. The first-order valence-corrected chi connectivity index (χ1v) is 9.08. The van der Waals surface area contributed by atoms with Crippen molar-refractivity contribution in [2.75, 3.05) is 12.3 Å². The standard InChI is InChI=1S/C18H19NO2S.C2H6/c1-2-21-18(20)11-8-15-12-16(9-10-17(15)19)22-13-14-6-4-3-5-7-14;1-2/h3-12H,2,13,19H2,1H3;1-2H3/b11-8+;. The second-order valence-electron chi connectivity index (χ2n) is 4.65. The SMILES string of the molecule is CC.CCOC(=O)/C=C/c1cc(SCc2ccccc2)ccc1N. The van der Waals surface area contributed by atoms with Gasteiger partial charge < -0.3 is 10.5 Å². The van der Waals surface area contributed by atoms with Crippen LogP contribution in [0.1, 0.15) is 31.9 Å². The predicted molar refractivity (Wildman–Crippen MR) is 104 cm³/mol. The molecule has 24 heavy (non-hydrogen) atoms. The van der Waals surface area contributed by atoms with Gasteiger partial charge in [0.05, 0.1) is 6.61 Å². The lowest BCUT2D eigenvalue weighted by Crippen LogP contribution is -1.99. The molecule has 0 atom stereocenters. The summed E-state index contributed by atoms with van der Waals surface area (Å²) >= 11 is 1.74. The fourth-order valence-corrected chi connectivity index (χ4v) is 2.78. The first-order chi connectivity index (χ1) is 11.7. The summed E-state index contributed by atoms with van der Waals surface area (Å²) in [6, 6.07) is 16.1. The number of carbonyl (C=O) groups is 1. The molecule has 0 aliphatic carbocycles. The molecule has 0 unspecified atom stereocenters. The van der Waals surface area contributed by atoms with E-state index >= 15 is 0 Å². The van der Waals surface area contributed by atoms with E-state index in [4.69, 9.17) is 10.5 Å². The van der Waals surface area contributed by atoms with Gasteiger partial charge in [-0.05, 0) is 42.3 Å². The number of hydrogen-bond donors (Lipinski definition) is 1. The van der Waals surface area contributed by atoms with Crippen molar-refractivity contribution < 1.29 is 9.53 Å². The molecule has 2 N–H and O–H groups in total. The molecular weight excluding hydrogens is 318 g/mol. The third-order valence-electron chi connectivity index (χ3n) is 2.99. The number of rotatable bonds is 6. The van der Waals surface area contributed by atoms with Crippen molar-refractivity contribution in [1.29, 1.82) is 0 Å². The van der Waals surface area contributed by atoms with Crippen LogP contribution in [0, 0.1) is 0 Å². The van der Waals surface area contributed by atoms with E-state index in [0.717, 1.165) is 16.2 Å². The van der Waals surface area contributed by atoms with E-state index < -0.39 is 0 Å². The van der Waals surface area contributed by atoms with Crippen molar-refractivity contribution in [3.05, 3.63) is 65.7 Å². The Kier molecular flexibility index (Phi) is 9.39. The Labute approximate surface area is 148 Å². The van der Waals surface area contributed by atoms with Gasteiger partial charge in [-0.2, -0.15) is 0 Å². The first kappa shape index (κ1) is 19.8. The van der Waals surface area contributed by atoms with Crippen molar-refractivity contribution in [2.24, 2.45) is 0 Å². The Morgan fingerprint density at radius 2 is 1.88 bits per heavy atom. The van der Waals surface area contributed by atoms with Gasteiger partial charge in [-0.15, -0.1) is 11.8 Å². The molecule has 4 heteroatoms. The van der Waals surface area contributed by atoms with Gasteiger partial charge in [0.15, 0.2) is 0 Å². The maximum absolute atomic E-state index is 11.4. The molecule has 0 amide bonds. The fourth-order valence-electron chi connectivity index (χ4n) is 1.88. The molecule has 0 aliphatic heterocycles. The summed E-state index contributed by atoms with van der Waals surface area (Å²) in [7, 11) is 0. The van der Waals surface area contributed by atoms with Gasteiger partial charge in [-0.3, -0.25) is 0 Å². The number of thioether (sulfide) groups is 1. The Morgan fingerprint density at radius 3 is 2.54 bits per heavy atom. The van der Waals surface area contributed by atoms with E-state index in [2.05, 4.69) is 12.1 Å². The number of nitrogen functional groups attached to an aromatic ring is 1. The van der Waals surface area contributed by atoms with Gasteiger partial charge >= 0.3 is 5.97 Å². The average Bonchev–Trinajstić information content (AvgIpc) is 2.63. The molecule has 2 aromatic rings. The Bertz CT molecular complexity index is 654. The molecule has 0 saturated carbocycles. The average molecular weight is 343 g/mol. The van der Waals surface area contributed by atoms with Gasteiger partial charge in [0, 0.05) is 22.4 Å². The van der Waals surface area contributed by atoms with Crippen LogP contribution in [-0.4, -0.2) is 12.6 Å². The first-order valence-electron chi connectivity index (χ1n) is 8.10. The summed E-state index contributed by atoms with van der Waals surface area (Å²) in [5, 5.41) is 0. The van der Waals surface area contributed by atoms with E-state index in [-0.39, 0.29) is 5.97 Å². The normalized spacial score (nSPS) is 10.1. The summed E-state index contributed by atoms with van der Waals surface area (Å²) in [5.41, 5.74) is 8.68. The van der Waals surface area contributed by atoms with Crippen molar-refractivity contribution >= 4 is 29.5 Å². The number of benzene rings is 2. The molecule has 0 aliphatic rings. The lowest BCUT2D eigenvalue weighted by molar-refractivity contribution is -0.137. The number of hydrogen-bond acceptors (Lipinski definition) is 4. The molecule has 0 aromatic heterocycles. The van der Waals surface area contributed by atoms with Gasteiger partial charge in [0.2, 0.25) is 0 Å². The van der Waals surface area contributed by atoms with Gasteiger partial charge in [0.1, 0.15) is 0 Å². The molecule has 3 nitrogen and oxygen atoms in total. The highest BCUT2D eigenvalue weighted by atomic mass is 32.2. The number of esters is 1. The van der Waals surface area contributed by atoms with E-state index in [1.165, 1.54) is 11.6 Å². The minimum absolute atomic E-state index is 0.357. The molecule has 2 rings (SSSR count). The molecule has 0 radical (unpaired) electrons. The van der Waals surface area contributed by atoms with E-state index in [1.54, 1.807) is 24.8 Å². The van der Waals surface area contributed by atoms with Crippen molar-refractivity contribution in [3.8, 4) is 0 Å². The zero-order valence-corrected chi connectivity index (χ0v) is 15.3. The highest BCUT2D eigenvalue weighted by molar-refractivity contribution is 7.98. The largest absolute Gasteiger partial charge is 0.463 e. The molecule has 0 fully saturated rings. The molecule has 2 aromatic carbocycles. The minimum atomic E-state index is -0.357. The fraction of sp³-hybridized carbons (Fsp3) is 0.250. The Hall–Kier alpha value is -2.20. The third kappa shape index (κ3) is 6.92. The van der Waals surface area contributed by atoms with Crippen molar-refractivity contribution in [1.82, 2.24) is 0 Å². The smallest absolute Gasteiger partial charge is 0.330 e. The number of carbonyl (C=O) groups excluding carboxylic acids is 1. The zero-order chi connectivity index (χ0) is 17.8. The van der Waals surface area contributed by atoms with Crippen LogP contribution < -0.4 is 5.73 Å². The molecular formula is C20H25NO2S. The van der Waals surface area contributed by atoms with Gasteiger partial charge in [-0.25, -0.2) is 4.79 Å². The van der Waals surface area contributed by atoms with Crippen LogP contribution in [0.4, 0.5) is 5.69 Å². The molecule has 0 spiro atoms. The van der Waals surface area contributed by atoms with Crippen LogP contribution in [-0.2, 0) is 15.3 Å². The van der Waals surface area contributed by atoms with Crippen LogP contribution in [0.25, 0.3) is 6.08 Å². The summed E-state index contributed by atoms with van der Waals surface area (Å²) in [5.74, 6) is 0.537. The molecule has 0 saturated heterocycles. The van der Waals surface area contributed by atoms with Crippen molar-refractivity contribution in [3.63, 3.8) is 0 Å². The Morgan fingerprint density at radius 1 is 1.17 bits per heavy atom. The number of ether oxygens (including phenoxy) is 1. The van der Waals surface area contributed by atoms with Gasteiger partial charge in [0.25, 0.3) is 0 Å². The van der Waals surface area contributed by atoms with Crippen LogP contribution in [0.3, 0.4) is 0 Å². The maximum atomic E-state index is 11.4. The monoisotopic (exact) mass is 343 g/mol. The quantitative estimate of drug-likeness (QED) is 0.340.